The first-order chi connectivity index (χ1) is 15.3. The molecule has 0 bridgehead atoms. The van der Waals surface area contributed by atoms with Crippen LogP contribution in [0.2, 0.25) is 10.0 Å². The molecule has 32 heavy (non-hydrogen) atoms. The van der Waals surface area contributed by atoms with Gasteiger partial charge >= 0.3 is 0 Å². The minimum Gasteiger partial charge on any atom is -0.231 e. The first kappa shape index (κ1) is 23.8. The molecule has 170 valence electrons. The lowest BCUT2D eigenvalue weighted by atomic mass is 10.0. The SMILES string of the molecule is Cc1c(CNS(=O)(=O)C2CCCCC2)nn(-c2ccc(Cl)cc2Cl)c1-c1ccc(Br)cc1. The van der Waals surface area contributed by atoms with E-state index < -0.39 is 10.0 Å². The lowest BCUT2D eigenvalue weighted by Crippen LogP contribution is -2.35. The summed E-state index contributed by atoms with van der Waals surface area (Å²) in [5.41, 5.74) is 4.04. The highest BCUT2D eigenvalue weighted by Gasteiger charge is 2.28. The van der Waals surface area contributed by atoms with Crippen LogP contribution in [0.1, 0.15) is 43.4 Å². The van der Waals surface area contributed by atoms with Crippen molar-refractivity contribution in [1.82, 2.24) is 14.5 Å². The number of sulfonamides is 1. The van der Waals surface area contributed by atoms with Gasteiger partial charge in [-0.25, -0.2) is 17.8 Å². The number of rotatable bonds is 6. The molecule has 2 aromatic carbocycles. The van der Waals surface area contributed by atoms with Crippen molar-refractivity contribution in [3.8, 4) is 16.9 Å². The molecule has 0 unspecified atom stereocenters. The highest BCUT2D eigenvalue weighted by Crippen LogP contribution is 2.33. The van der Waals surface area contributed by atoms with Gasteiger partial charge < -0.3 is 0 Å². The predicted octanol–water partition coefficient (Wildman–Crippen LogP) is 6.67. The molecule has 1 aliphatic carbocycles. The summed E-state index contributed by atoms with van der Waals surface area (Å²) in [5, 5.41) is 5.45. The number of nitrogens with one attached hydrogen (secondary N) is 1. The minimum atomic E-state index is -3.40. The fourth-order valence-electron chi connectivity index (χ4n) is 4.15. The number of benzene rings is 2. The second-order valence-corrected chi connectivity index (χ2v) is 11.9. The number of hydrogen-bond donors (Lipinski definition) is 1. The Morgan fingerprint density at radius 3 is 2.44 bits per heavy atom. The van der Waals surface area contributed by atoms with Crippen LogP contribution in [0.5, 0.6) is 0 Å². The summed E-state index contributed by atoms with van der Waals surface area (Å²) in [6, 6.07) is 13.1. The predicted molar refractivity (Wildman–Crippen MR) is 134 cm³/mol. The summed E-state index contributed by atoms with van der Waals surface area (Å²) in [4.78, 5) is 0. The summed E-state index contributed by atoms with van der Waals surface area (Å²) in [6.07, 6.45) is 4.46. The van der Waals surface area contributed by atoms with Gasteiger partial charge in [0.1, 0.15) is 0 Å². The van der Waals surface area contributed by atoms with Gasteiger partial charge in [0, 0.05) is 20.6 Å². The van der Waals surface area contributed by atoms with E-state index in [-0.39, 0.29) is 11.8 Å². The molecule has 1 aromatic heterocycles. The van der Waals surface area contributed by atoms with Crippen molar-refractivity contribution >= 4 is 49.2 Å². The van der Waals surface area contributed by atoms with Gasteiger partial charge in [0.25, 0.3) is 0 Å². The molecule has 0 atom stereocenters. The number of halogens is 3. The molecule has 4 rings (SSSR count). The monoisotopic (exact) mass is 555 g/mol. The highest BCUT2D eigenvalue weighted by molar-refractivity contribution is 9.10. The maximum Gasteiger partial charge on any atom is 0.214 e. The van der Waals surface area contributed by atoms with Crippen LogP contribution in [0, 0.1) is 6.92 Å². The lowest BCUT2D eigenvalue weighted by molar-refractivity contribution is 0.477. The van der Waals surface area contributed by atoms with Crippen molar-refractivity contribution in [2.24, 2.45) is 0 Å². The van der Waals surface area contributed by atoms with Gasteiger partial charge in [0.05, 0.1) is 33.9 Å². The van der Waals surface area contributed by atoms with Crippen LogP contribution in [0.4, 0.5) is 0 Å². The Morgan fingerprint density at radius 1 is 1.09 bits per heavy atom. The normalized spacial score (nSPS) is 15.2. The molecule has 0 amide bonds. The summed E-state index contributed by atoms with van der Waals surface area (Å²) >= 11 is 16.1. The second-order valence-electron chi connectivity index (χ2n) is 8.06. The van der Waals surface area contributed by atoms with Crippen LogP contribution in [0.25, 0.3) is 16.9 Å². The number of nitrogens with zero attached hydrogens (tertiary/aromatic N) is 2. The van der Waals surface area contributed by atoms with Gasteiger partial charge in [-0.05, 0) is 50.1 Å². The van der Waals surface area contributed by atoms with Crippen molar-refractivity contribution in [2.45, 2.75) is 50.8 Å². The third-order valence-corrected chi connectivity index (χ3v) is 8.87. The molecule has 1 heterocycles. The van der Waals surface area contributed by atoms with Crippen LogP contribution in [-0.4, -0.2) is 23.4 Å². The lowest BCUT2D eigenvalue weighted by Gasteiger charge is -2.21. The summed E-state index contributed by atoms with van der Waals surface area (Å²) in [5.74, 6) is 0. The summed E-state index contributed by atoms with van der Waals surface area (Å²) < 4.78 is 31.2. The molecule has 5 nitrogen and oxygen atoms in total. The Bertz CT molecular complexity index is 1220. The van der Waals surface area contributed by atoms with Crippen molar-refractivity contribution in [2.75, 3.05) is 0 Å². The molecule has 0 aliphatic heterocycles. The Labute approximate surface area is 207 Å². The van der Waals surface area contributed by atoms with E-state index in [4.69, 9.17) is 28.3 Å². The first-order valence-electron chi connectivity index (χ1n) is 10.5. The van der Waals surface area contributed by atoms with Crippen LogP contribution < -0.4 is 4.72 Å². The molecular weight excluding hydrogens is 533 g/mol. The Balaban J connectivity index is 1.73. The molecular formula is C23H24BrCl2N3O2S. The number of hydrogen-bond acceptors (Lipinski definition) is 3. The van der Waals surface area contributed by atoms with E-state index in [2.05, 4.69) is 20.7 Å². The standard InChI is InChI=1S/C23H24BrCl2N3O2S/c1-15-21(14-27-32(30,31)19-5-3-2-4-6-19)28-29(22-12-11-18(25)13-20(22)26)23(15)16-7-9-17(24)10-8-16/h7-13,19,27H,2-6,14H2,1H3. The van der Waals surface area contributed by atoms with E-state index in [0.717, 1.165) is 40.6 Å². The van der Waals surface area contributed by atoms with Crippen LogP contribution in [0.15, 0.2) is 46.9 Å². The minimum absolute atomic E-state index is 0.131. The van der Waals surface area contributed by atoms with Crippen molar-refractivity contribution in [1.29, 1.82) is 0 Å². The van der Waals surface area contributed by atoms with Crippen LogP contribution in [0.3, 0.4) is 0 Å². The van der Waals surface area contributed by atoms with E-state index in [1.165, 1.54) is 0 Å². The largest absolute Gasteiger partial charge is 0.231 e. The maximum absolute atomic E-state index is 12.8. The smallest absolute Gasteiger partial charge is 0.214 e. The first-order valence-corrected chi connectivity index (χ1v) is 13.6. The highest BCUT2D eigenvalue weighted by atomic mass is 79.9. The topological polar surface area (TPSA) is 64.0 Å². The zero-order valence-corrected chi connectivity index (χ0v) is 21.5. The fraction of sp³-hybridized carbons (Fsp3) is 0.348. The Hall–Kier alpha value is -1.38. The second kappa shape index (κ2) is 9.85. The van der Waals surface area contributed by atoms with E-state index >= 15 is 0 Å². The summed E-state index contributed by atoms with van der Waals surface area (Å²) in [6.45, 7) is 2.08. The van der Waals surface area contributed by atoms with E-state index in [9.17, 15) is 8.42 Å². The van der Waals surface area contributed by atoms with Gasteiger partial charge in [-0.2, -0.15) is 5.10 Å². The van der Waals surface area contributed by atoms with E-state index in [1.807, 2.05) is 37.3 Å². The van der Waals surface area contributed by atoms with Gasteiger partial charge in [0.2, 0.25) is 10.0 Å². The van der Waals surface area contributed by atoms with E-state index in [0.29, 0.717) is 34.3 Å². The molecule has 9 heteroatoms. The molecule has 1 N–H and O–H groups in total. The molecule has 1 aliphatic rings. The molecule has 0 spiro atoms. The Kier molecular flexibility index (Phi) is 7.32. The zero-order valence-electron chi connectivity index (χ0n) is 17.6. The van der Waals surface area contributed by atoms with Crippen molar-refractivity contribution in [3.05, 3.63) is 68.2 Å². The number of aromatic nitrogens is 2. The maximum atomic E-state index is 12.8. The van der Waals surface area contributed by atoms with E-state index in [1.54, 1.807) is 16.8 Å². The van der Waals surface area contributed by atoms with Gasteiger partial charge in [-0.3, -0.25) is 0 Å². The van der Waals surface area contributed by atoms with Crippen molar-refractivity contribution in [3.63, 3.8) is 0 Å². The van der Waals surface area contributed by atoms with Gasteiger partial charge in [-0.1, -0.05) is 70.5 Å². The van der Waals surface area contributed by atoms with Crippen LogP contribution >= 0.6 is 39.1 Å². The molecule has 3 aromatic rings. The average molecular weight is 557 g/mol. The van der Waals surface area contributed by atoms with Crippen molar-refractivity contribution < 1.29 is 8.42 Å². The quantitative estimate of drug-likeness (QED) is 0.369. The van der Waals surface area contributed by atoms with Gasteiger partial charge in [-0.15, -0.1) is 0 Å². The third kappa shape index (κ3) is 5.07. The fourth-order valence-corrected chi connectivity index (χ4v) is 6.43. The zero-order chi connectivity index (χ0) is 22.9. The Morgan fingerprint density at radius 2 is 1.78 bits per heavy atom. The third-order valence-electron chi connectivity index (χ3n) is 5.91. The summed E-state index contributed by atoms with van der Waals surface area (Å²) in [7, 11) is -3.40. The van der Waals surface area contributed by atoms with Gasteiger partial charge in [0.15, 0.2) is 0 Å². The molecule has 0 radical (unpaired) electrons. The van der Waals surface area contributed by atoms with Crippen LogP contribution in [-0.2, 0) is 16.6 Å². The molecule has 1 saturated carbocycles. The molecule has 1 fully saturated rings. The molecule has 0 saturated heterocycles. The average Bonchev–Trinajstić information content (AvgIpc) is 3.09.